The monoisotopic (exact) mass is 387 g/mol. The molecule has 2 saturated carbocycles. The van der Waals surface area contributed by atoms with E-state index in [4.69, 9.17) is 5.11 Å². The molecule has 6 nitrogen and oxygen atoms in total. The molecular formula is C20H25N3O3S. The highest BCUT2D eigenvalue weighted by Gasteiger charge is 2.29. The van der Waals surface area contributed by atoms with Crippen molar-refractivity contribution in [2.75, 3.05) is 0 Å². The maximum Gasteiger partial charge on any atom is 0.347 e. The zero-order valence-electron chi connectivity index (χ0n) is 15.3. The molecule has 1 unspecified atom stereocenters. The molecule has 0 radical (unpaired) electrons. The highest BCUT2D eigenvalue weighted by atomic mass is 32.1. The number of ketones is 1. The van der Waals surface area contributed by atoms with E-state index in [2.05, 4.69) is 10.1 Å². The van der Waals surface area contributed by atoms with Crippen molar-refractivity contribution >= 4 is 23.1 Å². The van der Waals surface area contributed by atoms with Crippen LogP contribution >= 0.6 is 11.3 Å². The summed E-state index contributed by atoms with van der Waals surface area (Å²) in [7, 11) is 0. The van der Waals surface area contributed by atoms with E-state index in [1.807, 2.05) is 17.1 Å². The molecule has 7 heteroatoms. The van der Waals surface area contributed by atoms with Gasteiger partial charge >= 0.3 is 5.97 Å². The Hall–Kier alpha value is -2.02. The van der Waals surface area contributed by atoms with E-state index >= 15 is 0 Å². The van der Waals surface area contributed by atoms with Crippen molar-refractivity contribution in [3.63, 3.8) is 0 Å². The van der Waals surface area contributed by atoms with Gasteiger partial charge in [-0.2, -0.15) is 5.10 Å². The number of carbonyl (C=O) groups excluding carboxylic acids is 1. The van der Waals surface area contributed by atoms with Crippen LogP contribution in [0.5, 0.6) is 0 Å². The standard InChI is InChI=1S/C20H25N3O3S/c24-17(9-19-21-11-18(27-19)20(25)26)16(8-13-3-1-2-4-13)23-12-15(10-22-23)7-14-5-6-14/h10-14,16H,1-9H2,(H,25,26). The predicted octanol–water partition coefficient (Wildman–Crippen LogP) is 3.92. The maximum atomic E-state index is 13.1. The SMILES string of the molecule is O=C(O)c1cnc(CC(=O)C(CC2CCCC2)n2cc(CC3CC3)cn2)s1. The van der Waals surface area contributed by atoms with Crippen molar-refractivity contribution in [2.45, 2.75) is 63.8 Å². The van der Waals surface area contributed by atoms with Crippen LogP contribution in [-0.2, 0) is 17.6 Å². The van der Waals surface area contributed by atoms with Gasteiger partial charge in [-0.15, -0.1) is 11.3 Å². The number of hydrogen-bond donors (Lipinski definition) is 1. The van der Waals surface area contributed by atoms with Crippen molar-refractivity contribution in [2.24, 2.45) is 11.8 Å². The van der Waals surface area contributed by atoms with Gasteiger partial charge in [-0.1, -0.05) is 25.7 Å². The molecule has 4 rings (SSSR count). The number of carbonyl (C=O) groups is 2. The van der Waals surface area contributed by atoms with Crippen LogP contribution in [0.4, 0.5) is 0 Å². The molecule has 0 saturated heterocycles. The van der Waals surface area contributed by atoms with Crippen molar-refractivity contribution in [1.82, 2.24) is 14.8 Å². The number of hydrogen-bond acceptors (Lipinski definition) is 5. The van der Waals surface area contributed by atoms with Crippen LogP contribution in [-0.4, -0.2) is 31.6 Å². The van der Waals surface area contributed by atoms with E-state index < -0.39 is 5.97 Å². The molecule has 1 N–H and O–H groups in total. The van der Waals surface area contributed by atoms with Crippen molar-refractivity contribution in [3.8, 4) is 0 Å². The first kappa shape index (κ1) is 18.3. The molecule has 2 aromatic rings. The molecule has 2 aromatic heterocycles. The first-order valence-electron chi connectivity index (χ1n) is 9.82. The van der Waals surface area contributed by atoms with Gasteiger partial charge in [0.05, 0.1) is 18.8 Å². The largest absolute Gasteiger partial charge is 0.477 e. The molecule has 0 amide bonds. The average Bonchev–Trinajstić information content (AvgIpc) is 3.07. The summed E-state index contributed by atoms with van der Waals surface area (Å²) in [4.78, 5) is 28.4. The maximum absolute atomic E-state index is 13.1. The van der Waals surface area contributed by atoms with E-state index in [-0.39, 0.29) is 23.1 Å². The minimum Gasteiger partial charge on any atom is -0.477 e. The van der Waals surface area contributed by atoms with Crippen molar-refractivity contribution < 1.29 is 14.7 Å². The zero-order chi connectivity index (χ0) is 18.8. The molecular weight excluding hydrogens is 362 g/mol. The summed E-state index contributed by atoms with van der Waals surface area (Å²) < 4.78 is 1.85. The number of aromatic nitrogens is 3. The number of aromatic carboxylic acids is 1. The zero-order valence-corrected chi connectivity index (χ0v) is 16.2. The molecule has 2 aliphatic carbocycles. The Morgan fingerprint density at radius 2 is 1.96 bits per heavy atom. The first-order valence-corrected chi connectivity index (χ1v) is 10.6. The Bertz CT molecular complexity index is 818. The van der Waals surface area contributed by atoms with Gasteiger partial charge < -0.3 is 5.11 Å². The second kappa shape index (κ2) is 7.92. The normalized spacial score (nSPS) is 18.7. The smallest absolute Gasteiger partial charge is 0.347 e. The van der Waals surface area contributed by atoms with Crippen LogP contribution in [0.2, 0.25) is 0 Å². The van der Waals surface area contributed by atoms with Gasteiger partial charge in [0, 0.05) is 6.20 Å². The molecule has 2 heterocycles. The fourth-order valence-corrected chi connectivity index (χ4v) is 4.78. The van der Waals surface area contributed by atoms with Crippen LogP contribution in [0.15, 0.2) is 18.6 Å². The first-order chi connectivity index (χ1) is 13.1. The second-order valence-corrected chi connectivity index (χ2v) is 9.06. The lowest BCUT2D eigenvalue weighted by molar-refractivity contribution is -0.122. The fraction of sp³-hybridized carbons (Fsp3) is 0.600. The average molecular weight is 388 g/mol. The Kier molecular flexibility index (Phi) is 5.38. The Morgan fingerprint density at radius 3 is 2.63 bits per heavy atom. The molecule has 27 heavy (non-hydrogen) atoms. The quantitative estimate of drug-likeness (QED) is 0.705. The van der Waals surface area contributed by atoms with E-state index in [0.29, 0.717) is 10.9 Å². The van der Waals surface area contributed by atoms with Crippen molar-refractivity contribution in [1.29, 1.82) is 0 Å². The number of nitrogens with zero attached hydrogens (tertiary/aromatic N) is 3. The molecule has 0 spiro atoms. The summed E-state index contributed by atoms with van der Waals surface area (Å²) in [6, 6.07) is -0.279. The minimum atomic E-state index is -0.995. The molecule has 144 valence electrons. The van der Waals surface area contributed by atoms with Crippen LogP contribution in [0.3, 0.4) is 0 Å². The van der Waals surface area contributed by atoms with Crippen LogP contribution < -0.4 is 0 Å². The van der Waals surface area contributed by atoms with Gasteiger partial charge in [-0.25, -0.2) is 9.78 Å². The van der Waals surface area contributed by atoms with Gasteiger partial charge in [-0.05, 0) is 43.1 Å². The fourth-order valence-electron chi connectivity index (χ4n) is 4.02. The third-order valence-corrected chi connectivity index (χ3v) is 6.67. The summed E-state index contributed by atoms with van der Waals surface area (Å²) in [5.74, 6) is 0.442. The van der Waals surface area contributed by atoms with E-state index in [9.17, 15) is 9.59 Å². The minimum absolute atomic E-state index is 0.0780. The highest BCUT2D eigenvalue weighted by molar-refractivity contribution is 7.13. The predicted molar refractivity (Wildman–Crippen MR) is 102 cm³/mol. The molecule has 2 aliphatic rings. The summed E-state index contributed by atoms with van der Waals surface area (Å²) in [5.41, 5.74) is 1.21. The summed E-state index contributed by atoms with van der Waals surface area (Å²) in [5, 5.41) is 14.1. The Labute approximate surface area is 162 Å². The number of rotatable bonds is 9. The van der Waals surface area contributed by atoms with Crippen LogP contribution in [0.25, 0.3) is 0 Å². The molecule has 0 aliphatic heterocycles. The third kappa shape index (κ3) is 4.64. The van der Waals surface area contributed by atoms with E-state index in [0.717, 1.165) is 30.1 Å². The lowest BCUT2D eigenvalue weighted by atomic mass is 9.95. The Morgan fingerprint density at radius 1 is 1.19 bits per heavy atom. The number of thiazole rings is 1. The van der Waals surface area contributed by atoms with Crippen LogP contribution in [0.1, 0.15) is 71.2 Å². The molecule has 0 bridgehead atoms. The van der Waals surface area contributed by atoms with E-state index in [1.165, 1.54) is 50.3 Å². The molecule has 2 fully saturated rings. The summed E-state index contributed by atoms with van der Waals surface area (Å²) in [6.45, 7) is 0. The third-order valence-electron chi connectivity index (χ3n) is 5.69. The van der Waals surface area contributed by atoms with Crippen LogP contribution in [0, 0.1) is 11.8 Å². The summed E-state index contributed by atoms with van der Waals surface area (Å²) in [6.07, 6.45) is 14.8. The molecule has 0 aromatic carbocycles. The number of Topliss-reactive ketones (excluding diaryl/α,β-unsaturated/α-hetero) is 1. The van der Waals surface area contributed by atoms with Gasteiger partial charge in [0.2, 0.25) is 0 Å². The second-order valence-electron chi connectivity index (χ2n) is 7.94. The van der Waals surface area contributed by atoms with Gasteiger partial charge in [-0.3, -0.25) is 9.48 Å². The lowest BCUT2D eigenvalue weighted by Gasteiger charge is -2.20. The van der Waals surface area contributed by atoms with E-state index in [1.54, 1.807) is 0 Å². The van der Waals surface area contributed by atoms with Crippen molar-refractivity contribution in [3.05, 3.63) is 34.0 Å². The number of carboxylic acids is 1. The lowest BCUT2D eigenvalue weighted by Crippen LogP contribution is -2.24. The van der Waals surface area contributed by atoms with Gasteiger partial charge in [0.15, 0.2) is 5.78 Å². The topological polar surface area (TPSA) is 85.1 Å². The van der Waals surface area contributed by atoms with Gasteiger partial charge in [0.1, 0.15) is 15.9 Å². The Balaban J connectivity index is 1.49. The number of carboxylic acid groups (broad SMARTS) is 1. The van der Waals surface area contributed by atoms with Gasteiger partial charge in [0.25, 0.3) is 0 Å². The highest BCUT2D eigenvalue weighted by Crippen LogP contribution is 2.35. The summed E-state index contributed by atoms with van der Waals surface area (Å²) >= 11 is 1.09. The molecule has 1 atom stereocenters.